The highest BCUT2D eigenvalue weighted by Gasteiger charge is 2.38. The van der Waals surface area contributed by atoms with Gasteiger partial charge in [0.25, 0.3) is 0 Å². The lowest BCUT2D eigenvalue weighted by atomic mass is 9.94. The molecular weight excluding hydrogens is 289 g/mol. The average molecular weight is 305 g/mol. The van der Waals surface area contributed by atoms with E-state index in [4.69, 9.17) is 11.8 Å². The minimum atomic E-state index is -0.292. The van der Waals surface area contributed by atoms with Crippen molar-refractivity contribution in [1.29, 1.82) is 0 Å². The predicted molar refractivity (Wildman–Crippen MR) is 69.5 cm³/mol. The van der Waals surface area contributed by atoms with Crippen molar-refractivity contribution in [2.45, 2.75) is 30.7 Å². The highest BCUT2D eigenvalue weighted by atomic mass is 79.9. The van der Waals surface area contributed by atoms with E-state index in [1.165, 1.54) is 5.56 Å². The molecule has 1 aliphatic carbocycles. The monoisotopic (exact) mass is 303 g/mol. The first kappa shape index (κ1) is 12.4. The summed E-state index contributed by atoms with van der Waals surface area (Å²) in [7, 11) is 0. The van der Waals surface area contributed by atoms with Crippen molar-refractivity contribution in [3.05, 3.63) is 34.3 Å². The van der Waals surface area contributed by atoms with E-state index >= 15 is 0 Å². The van der Waals surface area contributed by atoms with Gasteiger partial charge in [-0.3, -0.25) is 0 Å². The third-order valence-electron chi connectivity index (χ3n) is 3.45. The zero-order valence-corrected chi connectivity index (χ0v) is 11.3. The van der Waals surface area contributed by atoms with Crippen LogP contribution in [0.15, 0.2) is 28.7 Å². The molecule has 0 spiro atoms. The zero-order chi connectivity index (χ0) is 11.6. The summed E-state index contributed by atoms with van der Waals surface area (Å²) in [6, 6.07) is 8.39. The lowest BCUT2D eigenvalue weighted by molar-refractivity contribution is 0.185. The fourth-order valence-electron chi connectivity index (χ4n) is 2.41. The molecule has 2 atom stereocenters. The SMILES string of the molecule is OC[C@@]1(NCl)CCC(c2ccc(Br)cc2)C1. The van der Waals surface area contributed by atoms with Crippen LogP contribution < -0.4 is 4.84 Å². The minimum Gasteiger partial charge on any atom is -0.394 e. The third-order valence-corrected chi connectivity index (χ3v) is 4.38. The van der Waals surface area contributed by atoms with Crippen molar-refractivity contribution in [2.75, 3.05) is 6.61 Å². The lowest BCUT2D eigenvalue weighted by Gasteiger charge is -2.24. The van der Waals surface area contributed by atoms with Crippen LogP contribution >= 0.6 is 27.7 Å². The van der Waals surface area contributed by atoms with Gasteiger partial charge in [0.2, 0.25) is 0 Å². The molecule has 1 fully saturated rings. The van der Waals surface area contributed by atoms with Gasteiger partial charge in [-0.1, -0.05) is 28.1 Å². The van der Waals surface area contributed by atoms with Gasteiger partial charge in [-0.2, -0.15) is 0 Å². The van der Waals surface area contributed by atoms with Gasteiger partial charge in [0.1, 0.15) is 0 Å². The van der Waals surface area contributed by atoms with Gasteiger partial charge in [0, 0.05) is 4.47 Å². The van der Waals surface area contributed by atoms with E-state index in [-0.39, 0.29) is 12.1 Å². The van der Waals surface area contributed by atoms with Crippen molar-refractivity contribution in [3.63, 3.8) is 0 Å². The van der Waals surface area contributed by atoms with Gasteiger partial charge in [-0.15, -0.1) is 0 Å². The molecule has 88 valence electrons. The molecule has 0 aromatic heterocycles. The number of nitrogens with one attached hydrogen (secondary N) is 1. The molecule has 0 heterocycles. The van der Waals surface area contributed by atoms with Crippen molar-refractivity contribution >= 4 is 27.7 Å². The number of rotatable bonds is 3. The maximum Gasteiger partial charge on any atom is 0.0625 e. The molecule has 0 aliphatic heterocycles. The fraction of sp³-hybridized carbons (Fsp3) is 0.500. The van der Waals surface area contributed by atoms with Crippen LogP contribution in [0.1, 0.15) is 30.7 Å². The van der Waals surface area contributed by atoms with Crippen molar-refractivity contribution in [3.8, 4) is 0 Å². The standard InChI is InChI=1S/C12H15BrClNO/c13-11-3-1-9(2-4-11)10-5-6-12(7-10,8-16)15-14/h1-4,10,15-16H,5-8H2/t10?,12-/m1/s1. The quantitative estimate of drug-likeness (QED) is 0.841. The molecule has 0 bridgehead atoms. The highest BCUT2D eigenvalue weighted by molar-refractivity contribution is 9.10. The van der Waals surface area contributed by atoms with Gasteiger partial charge in [0.05, 0.1) is 12.1 Å². The summed E-state index contributed by atoms with van der Waals surface area (Å²) in [6.07, 6.45) is 2.89. The second-order valence-electron chi connectivity index (χ2n) is 4.52. The molecule has 2 rings (SSSR count). The van der Waals surface area contributed by atoms with Crippen LogP contribution in [0.25, 0.3) is 0 Å². The molecule has 16 heavy (non-hydrogen) atoms. The first-order chi connectivity index (χ1) is 7.69. The third kappa shape index (κ3) is 2.43. The molecule has 4 heteroatoms. The summed E-state index contributed by atoms with van der Waals surface area (Å²) in [4.78, 5) is 2.75. The number of aliphatic hydroxyl groups excluding tert-OH is 1. The highest BCUT2D eigenvalue weighted by Crippen LogP contribution is 2.41. The normalized spacial score (nSPS) is 29.6. The van der Waals surface area contributed by atoms with Gasteiger partial charge < -0.3 is 5.11 Å². The lowest BCUT2D eigenvalue weighted by Crippen LogP contribution is -2.40. The Morgan fingerprint density at radius 1 is 1.44 bits per heavy atom. The van der Waals surface area contributed by atoms with E-state index in [1.807, 2.05) is 0 Å². The molecule has 0 saturated heterocycles. The summed E-state index contributed by atoms with van der Waals surface area (Å²) in [5.74, 6) is 0.492. The molecule has 1 aliphatic rings. The molecule has 1 saturated carbocycles. The molecular formula is C12H15BrClNO. The molecule has 1 aromatic carbocycles. The minimum absolute atomic E-state index is 0.101. The van der Waals surface area contributed by atoms with Crippen LogP contribution in [0.4, 0.5) is 0 Å². The topological polar surface area (TPSA) is 32.3 Å². The molecule has 0 amide bonds. The Bertz CT molecular complexity index is 351. The van der Waals surface area contributed by atoms with Crippen LogP contribution in [0.3, 0.4) is 0 Å². The molecule has 2 N–H and O–H groups in total. The average Bonchev–Trinajstić information content (AvgIpc) is 2.75. The van der Waals surface area contributed by atoms with Crippen molar-refractivity contribution in [1.82, 2.24) is 4.84 Å². The number of benzene rings is 1. The Kier molecular flexibility index (Phi) is 3.90. The summed E-state index contributed by atoms with van der Waals surface area (Å²) in [6.45, 7) is 0.101. The predicted octanol–water partition coefficient (Wildman–Crippen LogP) is 3.19. The summed E-state index contributed by atoms with van der Waals surface area (Å²) < 4.78 is 1.10. The number of halogens is 2. The van der Waals surface area contributed by atoms with Crippen LogP contribution in [-0.4, -0.2) is 17.3 Å². The number of aliphatic hydroxyl groups is 1. The Morgan fingerprint density at radius 2 is 2.12 bits per heavy atom. The Balaban J connectivity index is 2.11. The van der Waals surface area contributed by atoms with Crippen LogP contribution in [-0.2, 0) is 0 Å². The first-order valence-corrected chi connectivity index (χ1v) is 6.60. The smallest absolute Gasteiger partial charge is 0.0625 e. The zero-order valence-electron chi connectivity index (χ0n) is 8.92. The summed E-state index contributed by atoms with van der Waals surface area (Å²) in [5, 5.41) is 9.37. The first-order valence-electron chi connectivity index (χ1n) is 5.43. The molecule has 0 radical (unpaired) electrons. The van der Waals surface area contributed by atoms with Gasteiger partial charge in [0.15, 0.2) is 0 Å². The number of hydrogen-bond donors (Lipinski definition) is 2. The van der Waals surface area contributed by atoms with E-state index in [2.05, 4.69) is 45.0 Å². The Morgan fingerprint density at radius 3 is 2.62 bits per heavy atom. The van der Waals surface area contributed by atoms with Crippen LogP contribution in [0.5, 0.6) is 0 Å². The van der Waals surface area contributed by atoms with E-state index in [1.54, 1.807) is 0 Å². The number of hydrogen-bond acceptors (Lipinski definition) is 2. The van der Waals surface area contributed by atoms with Crippen LogP contribution in [0, 0.1) is 0 Å². The Labute approximate surface area is 109 Å². The molecule has 2 nitrogen and oxygen atoms in total. The molecule has 1 unspecified atom stereocenters. The van der Waals surface area contributed by atoms with Crippen molar-refractivity contribution in [2.24, 2.45) is 0 Å². The fourth-order valence-corrected chi connectivity index (χ4v) is 2.90. The van der Waals surface area contributed by atoms with Crippen molar-refractivity contribution < 1.29 is 5.11 Å². The second-order valence-corrected chi connectivity index (χ2v) is 5.63. The largest absolute Gasteiger partial charge is 0.394 e. The summed E-state index contributed by atoms with van der Waals surface area (Å²) >= 11 is 9.16. The van der Waals surface area contributed by atoms with E-state index < -0.39 is 0 Å². The van der Waals surface area contributed by atoms with Gasteiger partial charge in [-0.25, -0.2) is 4.84 Å². The van der Waals surface area contributed by atoms with E-state index in [0.717, 1.165) is 23.7 Å². The van der Waals surface area contributed by atoms with Gasteiger partial charge >= 0.3 is 0 Å². The van der Waals surface area contributed by atoms with Gasteiger partial charge in [-0.05, 0) is 54.7 Å². The van der Waals surface area contributed by atoms with E-state index in [9.17, 15) is 5.11 Å². The summed E-state index contributed by atoms with van der Waals surface area (Å²) in [5.41, 5.74) is 1.03. The maximum absolute atomic E-state index is 9.37. The maximum atomic E-state index is 9.37. The Hall–Kier alpha value is -0.0900. The van der Waals surface area contributed by atoms with Crippen LogP contribution in [0.2, 0.25) is 0 Å². The molecule has 1 aromatic rings. The van der Waals surface area contributed by atoms with E-state index in [0.29, 0.717) is 5.92 Å². The second kappa shape index (κ2) is 5.05.